The Kier molecular flexibility index (Phi) is 8.86. The number of ether oxygens (including phenoxy) is 1. The van der Waals surface area contributed by atoms with Crippen molar-refractivity contribution in [2.24, 2.45) is 0 Å². The van der Waals surface area contributed by atoms with Crippen LogP contribution in [0, 0.1) is 0 Å². The molecule has 0 unspecified atom stereocenters. The van der Waals surface area contributed by atoms with Gasteiger partial charge in [0.1, 0.15) is 12.6 Å². The highest BCUT2D eigenvalue weighted by Crippen LogP contribution is 2.32. The average molecular weight is 404 g/mol. The lowest BCUT2D eigenvalue weighted by atomic mass is 10.2. The van der Waals surface area contributed by atoms with Crippen LogP contribution in [-0.2, 0) is 9.59 Å². The maximum atomic E-state index is 10.2. The van der Waals surface area contributed by atoms with E-state index in [1.165, 1.54) is 0 Å². The lowest BCUT2D eigenvalue weighted by Crippen LogP contribution is -2.40. The topological polar surface area (TPSA) is 87.7 Å². The Morgan fingerprint density at radius 1 is 1.32 bits per heavy atom. The number of nitrogens with zero attached hydrogens (tertiary/aromatic N) is 4. The van der Waals surface area contributed by atoms with Crippen molar-refractivity contribution in [2.45, 2.75) is 4.90 Å². The summed E-state index contributed by atoms with van der Waals surface area (Å²) in [5.74, 6) is 0.313. The zero-order valence-electron chi connectivity index (χ0n) is 16.1. The quantitative estimate of drug-likeness (QED) is 0.440. The van der Waals surface area contributed by atoms with E-state index in [1.54, 1.807) is 25.4 Å². The van der Waals surface area contributed by atoms with Gasteiger partial charge in [0.05, 0.1) is 24.6 Å². The molecule has 0 aliphatic carbocycles. The predicted molar refractivity (Wildman–Crippen MR) is 110 cm³/mol. The summed E-state index contributed by atoms with van der Waals surface area (Å²) >= 11 is 1.78. The number of aldehydes is 1. The fraction of sp³-hybridized carbons (Fsp3) is 0.368. The second kappa shape index (κ2) is 11.4. The first-order valence-electron chi connectivity index (χ1n) is 8.82. The zero-order chi connectivity index (χ0) is 20.4. The number of amides is 1. The molecule has 0 bridgehead atoms. The first kappa shape index (κ1) is 21.8. The van der Waals surface area contributed by atoms with Crippen molar-refractivity contribution in [3.8, 4) is 5.88 Å². The van der Waals surface area contributed by atoms with Crippen molar-refractivity contribution >= 4 is 35.0 Å². The van der Waals surface area contributed by atoms with Crippen molar-refractivity contribution in [3.05, 3.63) is 37.2 Å². The van der Waals surface area contributed by atoms with Crippen LogP contribution in [0.1, 0.15) is 0 Å². The summed E-state index contributed by atoms with van der Waals surface area (Å²) in [5, 5.41) is 3.22. The van der Waals surface area contributed by atoms with Crippen molar-refractivity contribution in [1.82, 2.24) is 24.5 Å². The predicted octanol–water partition coefficient (Wildman–Crippen LogP) is 1.38. The van der Waals surface area contributed by atoms with Crippen LogP contribution in [0.2, 0.25) is 0 Å². The minimum absolute atomic E-state index is 0.0604. The number of hydrogen-bond donors (Lipinski definition) is 1. The summed E-state index contributed by atoms with van der Waals surface area (Å²) in [6.07, 6.45) is 3.29. The highest BCUT2D eigenvalue weighted by atomic mass is 32.2. The summed E-state index contributed by atoms with van der Waals surface area (Å²) < 4.78 is 7.70. The zero-order valence-corrected chi connectivity index (χ0v) is 16.9. The normalized spacial score (nSPS) is 14.6. The van der Waals surface area contributed by atoms with E-state index in [4.69, 9.17) is 4.74 Å². The second-order valence-corrected chi connectivity index (χ2v) is 7.11. The van der Waals surface area contributed by atoms with Crippen molar-refractivity contribution in [3.63, 3.8) is 0 Å². The molecule has 1 aliphatic rings. The summed E-state index contributed by atoms with van der Waals surface area (Å²) in [7, 11) is 3.81. The van der Waals surface area contributed by atoms with Crippen LogP contribution < -0.4 is 10.1 Å². The number of fused-ring (bicyclic) bond motifs is 1. The molecule has 1 fully saturated rings. The Morgan fingerprint density at radius 3 is 2.71 bits per heavy atom. The van der Waals surface area contributed by atoms with Crippen LogP contribution in [-0.4, -0.2) is 78.2 Å². The van der Waals surface area contributed by atoms with Gasteiger partial charge in [-0.1, -0.05) is 12.6 Å². The fourth-order valence-corrected chi connectivity index (χ4v) is 3.52. The van der Waals surface area contributed by atoms with E-state index in [0.29, 0.717) is 12.2 Å². The Balaban J connectivity index is 0.000000300. The third-order valence-corrected chi connectivity index (χ3v) is 5.17. The maximum absolute atomic E-state index is 10.2. The average Bonchev–Trinajstić information content (AvgIpc) is 2.74. The van der Waals surface area contributed by atoms with Gasteiger partial charge in [-0.15, -0.1) is 0 Å². The summed E-state index contributed by atoms with van der Waals surface area (Å²) in [5.41, 5.74) is 0.961. The monoisotopic (exact) mass is 403 g/mol. The van der Waals surface area contributed by atoms with Crippen molar-refractivity contribution in [1.29, 1.82) is 0 Å². The molecule has 28 heavy (non-hydrogen) atoms. The number of benzene rings is 1. The molecule has 0 spiro atoms. The van der Waals surface area contributed by atoms with Crippen LogP contribution in [0.25, 0.3) is 10.9 Å². The van der Waals surface area contributed by atoms with E-state index in [0.717, 1.165) is 48.1 Å². The third kappa shape index (κ3) is 6.29. The molecular formula is C19H25N5O3S. The van der Waals surface area contributed by atoms with E-state index in [-0.39, 0.29) is 12.5 Å². The highest BCUT2D eigenvalue weighted by molar-refractivity contribution is 7.97. The molecule has 1 N–H and O–H groups in total. The van der Waals surface area contributed by atoms with Gasteiger partial charge < -0.3 is 19.7 Å². The summed E-state index contributed by atoms with van der Waals surface area (Å²) in [4.78, 5) is 31.9. The molecule has 1 amide bonds. The molecule has 2 heterocycles. The van der Waals surface area contributed by atoms with Gasteiger partial charge in [0, 0.05) is 31.1 Å². The van der Waals surface area contributed by atoms with E-state index in [1.807, 2.05) is 12.1 Å². The molecule has 1 aliphatic heterocycles. The SMILES string of the molecule is C=CC(=O)NCC=O.COc1ncnc2c(SN3CCN(C)CC3)cccc12. The van der Waals surface area contributed by atoms with E-state index >= 15 is 0 Å². The van der Waals surface area contributed by atoms with Crippen molar-refractivity contribution in [2.75, 3.05) is 46.9 Å². The molecule has 1 saturated heterocycles. The van der Waals surface area contributed by atoms with Gasteiger partial charge in [-0.05, 0) is 37.2 Å². The number of para-hydroxylation sites is 1. The van der Waals surface area contributed by atoms with Gasteiger partial charge in [0.15, 0.2) is 0 Å². The van der Waals surface area contributed by atoms with E-state index < -0.39 is 0 Å². The smallest absolute Gasteiger partial charge is 0.243 e. The number of methoxy groups -OCH3 is 1. The highest BCUT2D eigenvalue weighted by Gasteiger charge is 2.17. The minimum Gasteiger partial charge on any atom is -0.480 e. The standard InChI is InChI=1S/C14H18N4OS.C5H7NO2/c1-17-6-8-18(9-7-17)20-12-5-3-4-11-13(12)15-10-16-14(11)19-2;1-2-5(8)6-3-4-7/h3-5,10H,6-9H2,1-2H3;2,4H,1,3H2,(H,6,8). The Bertz CT molecular complexity index is 809. The number of aromatic nitrogens is 2. The van der Waals surface area contributed by atoms with Gasteiger partial charge in [-0.2, -0.15) is 0 Å². The molecule has 150 valence electrons. The molecule has 3 rings (SSSR count). The lowest BCUT2D eigenvalue weighted by molar-refractivity contribution is -0.118. The number of hydrogen-bond acceptors (Lipinski definition) is 8. The first-order chi connectivity index (χ1) is 13.6. The molecule has 0 atom stereocenters. The molecular weight excluding hydrogens is 378 g/mol. The Labute approximate surface area is 169 Å². The molecule has 9 heteroatoms. The summed E-state index contributed by atoms with van der Waals surface area (Å²) in [6.45, 7) is 7.60. The molecule has 8 nitrogen and oxygen atoms in total. The molecule has 0 radical (unpaired) electrons. The second-order valence-electron chi connectivity index (χ2n) is 5.97. The van der Waals surface area contributed by atoms with Gasteiger partial charge in [-0.25, -0.2) is 14.3 Å². The Hall–Kier alpha value is -2.49. The molecule has 1 aromatic heterocycles. The summed E-state index contributed by atoms with van der Waals surface area (Å²) in [6, 6.07) is 6.15. The first-order valence-corrected chi connectivity index (χ1v) is 9.59. The van der Waals surface area contributed by atoms with Crippen molar-refractivity contribution < 1.29 is 14.3 Å². The van der Waals surface area contributed by atoms with Crippen LogP contribution in [0.15, 0.2) is 42.1 Å². The number of piperazine rings is 1. The van der Waals surface area contributed by atoms with E-state index in [2.05, 4.69) is 44.2 Å². The maximum Gasteiger partial charge on any atom is 0.243 e. The van der Waals surface area contributed by atoms with Crippen LogP contribution in [0.3, 0.4) is 0 Å². The number of nitrogens with one attached hydrogen (secondary N) is 1. The molecule has 1 aromatic carbocycles. The third-order valence-electron chi connectivity index (χ3n) is 4.02. The van der Waals surface area contributed by atoms with E-state index in [9.17, 15) is 9.59 Å². The number of carbonyl (C=O) groups excluding carboxylic acids is 2. The van der Waals surface area contributed by atoms with Gasteiger partial charge >= 0.3 is 0 Å². The fourth-order valence-electron chi connectivity index (χ4n) is 2.51. The van der Waals surface area contributed by atoms with Crippen LogP contribution in [0.5, 0.6) is 5.88 Å². The van der Waals surface area contributed by atoms with Gasteiger partial charge in [0.2, 0.25) is 11.8 Å². The van der Waals surface area contributed by atoms with Crippen LogP contribution >= 0.6 is 11.9 Å². The van der Waals surface area contributed by atoms with Gasteiger partial charge in [0.25, 0.3) is 0 Å². The molecule has 0 saturated carbocycles. The number of rotatable bonds is 6. The Morgan fingerprint density at radius 2 is 2.07 bits per heavy atom. The lowest BCUT2D eigenvalue weighted by Gasteiger charge is -2.31. The number of carbonyl (C=O) groups is 2. The van der Waals surface area contributed by atoms with Crippen LogP contribution in [0.4, 0.5) is 0 Å². The minimum atomic E-state index is -0.322. The number of likely N-dealkylation sites (N-methyl/N-ethyl adjacent to an activating group) is 1. The molecule has 2 aromatic rings. The van der Waals surface area contributed by atoms with Gasteiger partial charge in [-0.3, -0.25) is 4.79 Å². The largest absolute Gasteiger partial charge is 0.480 e.